The number of para-hydroxylation sites is 1. The maximum absolute atomic E-state index is 11.2. The van der Waals surface area contributed by atoms with E-state index in [1.165, 1.54) is 0 Å². The van der Waals surface area contributed by atoms with Crippen molar-refractivity contribution in [3.8, 4) is 17.2 Å². The number of methoxy groups -OCH3 is 2. The zero-order valence-electron chi connectivity index (χ0n) is 19.8. The number of halogens is 1. The van der Waals surface area contributed by atoms with Gasteiger partial charge in [-0.25, -0.2) is 0 Å². The summed E-state index contributed by atoms with van der Waals surface area (Å²) < 4.78 is 20.2. The number of aliphatic carboxylic acids is 1. The first-order valence-electron chi connectivity index (χ1n) is 11.4. The van der Waals surface area contributed by atoms with Crippen LogP contribution in [0.25, 0.3) is 5.69 Å². The van der Waals surface area contributed by atoms with Gasteiger partial charge in [0, 0.05) is 22.3 Å². The summed E-state index contributed by atoms with van der Waals surface area (Å²) in [7, 11) is 3.20. The molecule has 36 heavy (non-hydrogen) atoms. The molecule has 1 aliphatic heterocycles. The van der Waals surface area contributed by atoms with E-state index in [1.807, 2.05) is 54.7 Å². The monoisotopic (exact) mass is 508 g/mol. The van der Waals surface area contributed by atoms with E-state index in [9.17, 15) is 9.90 Å². The summed E-state index contributed by atoms with van der Waals surface area (Å²) >= 11 is 6.45. The molecule has 2 atom stereocenters. The molecule has 0 amide bonds. The van der Waals surface area contributed by atoms with E-state index in [4.69, 9.17) is 25.8 Å². The first-order valence-corrected chi connectivity index (χ1v) is 11.8. The molecule has 10 heteroatoms. The van der Waals surface area contributed by atoms with E-state index < -0.39 is 12.1 Å². The van der Waals surface area contributed by atoms with Crippen LogP contribution in [0.3, 0.4) is 0 Å². The maximum atomic E-state index is 11.2. The number of H-pyrrole nitrogens is 1. The second-order valence-electron chi connectivity index (χ2n) is 8.42. The normalized spacial score (nSPS) is 16.6. The third-order valence-electron chi connectivity index (χ3n) is 6.32. The Morgan fingerprint density at radius 1 is 1.11 bits per heavy atom. The van der Waals surface area contributed by atoms with Crippen LogP contribution in [0.15, 0.2) is 54.7 Å². The highest BCUT2D eigenvalue weighted by molar-refractivity contribution is 6.30. The number of carboxylic acid groups (broad SMARTS) is 1. The Bertz CT molecular complexity index is 1400. The van der Waals surface area contributed by atoms with Gasteiger partial charge in [-0.15, -0.1) is 0 Å². The number of carboxylic acids is 1. The molecular formula is C26H25ClN4O5. The van der Waals surface area contributed by atoms with Gasteiger partial charge >= 0.3 is 5.97 Å². The molecule has 4 aromatic rings. The van der Waals surface area contributed by atoms with Crippen LogP contribution < -0.4 is 9.47 Å². The van der Waals surface area contributed by atoms with Gasteiger partial charge in [-0.05, 0) is 49.2 Å². The zero-order chi connectivity index (χ0) is 25.2. The Balaban J connectivity index is 1.58. The Kier molecular flexibility index (Phi) is 6.67. The number of hydrogen-bond acceptors (Lipinski definition) is 6. The van der Waals surface area contributed by atoms with E-state index in [1.54, 1.807) is 14.2 Å². The van der Waals surface area contributed by atoms with Crippen molar-refractivity contribution in [2.45, 2.75) is 31.5 Å². The van der Waals surface area contributed by atoms with Crippen molar-refractivity contribution in [2.24, 2.45) is 0 Å². The molecule has 5 rings (SSSR count). The highest BCUT2D eigenvalue weighted by Gasteiger charge is 2.33. The molecule has 1 aliphatic rings. The van der Waals surface area contributed by atoms with Gasteiger partial charge in [0.25, 0.3) is 0 Å². The van der Waals surface area contributed by atoms with Crippen LogP contribution in [0.5, 0.6) is 11.5 Å². The Morgan fingerprint density at radius 3 is 2.72 bits per heavy atom. The van der Waals surface area contributed by atoms with Crippen molar-refractivity contribution in [3.05, 3.63) is 88.0 Å². The second kappa shape index (κ2) is 10.0. The van der Waals surface area contributed by atoms with Crippen LogP contribution in [0.1, 0.15) is 46.8 Å². The SMILES string of the molecule is COc1cccc([C@H]2O[C@H](CCc3n[nH]nc3CC(=O)O)c3cccn3-c3ccc(Cl)cc32)c1OC. The van der Waals surface area contributed by atoms with Gasteiger partial charge in [0.15, 0.2) is 11.5 Å². The molecule has 2 aromatic heterocycles. The quantitative estimate of drug-likeness (QED) is 0.355. The molecule has 0 spiro atoms. The van der Waals surface area contributed by atoms with Crippen LogP contribution in [0.4, 0.5) is 0 Å². The predicted molar refractivity (Wildman–Crippen MR) is 132 cm³/mol. The van der Waals surface area contributed by atoms with Crippen LogP contribution in [0.2, 0.25) is 5.02 Å². The molecule has 0 aliphatic carbocycles. The number of benzene rings is 2. The number of fused-ring (bicyclic) bond motifs is 3. The number of carbonyl (C=O) groups is 1. The molecule has 0 unspecified atom stereocenters. The summed E-state index contributed by atoms with van der Waals surface area (Å²) in [5.74, 6) is 0.229. The van der Waals surface area contributed by atoms with Crippen LogP contribution in [0, 0.1) is 0 Å². The standard InChI is InChI=1S/C26H25ClN4O5/c1-34-23-7-3-5-16(26(23)35-2)25-17-13-15(27)8-10-20(17)31-12-4-6-21(31)22(36-25)11-9-18-19(14-24(32)33)29-30-28-18/h3-8,10,12-13,22,25H,9,11,14H2,1-2H3,(H,32,33)(H,28,29,30)/t22-,25-/m1/s1. The number of ether oxygens (including phenoxy) is 3. The third-order valence-corrected chi connectivity index (χ3v) is 6.56. The highest BCUT2D eigenvalue weighted by atomic mass is 35.5. The topological polar surface area (TPSA) is 111 Å². The summed E-state index contributed by atoms with van der Waals surface area (Å²) in [6.45, 7) is 0. The van der Waals surface area contributed by atoms with Gasteiger partial charge in [0.05, 0.1) is 49.5 Å². The summed E-state index contributed by atoms with van der Waals surface area (Å²) in [4.78, 5) is 11.2. The van der Waals surface area contributed by atoms with Crippen molar-refractivity contribution in [1.29, 1.82) is 0 Å². The molecule has 2 aromatic carbocycles. The number of aryl methyl sites for hydroxylation is 1. The molecule has 0 saturated heterocycles. The number of aromatic nitrogens is 4. The molecule has 186 valence electrons. The molecule has 0 bridgehead atoms. The molecular weight excluding hydrogens is 484 g/mol. The number of rotatable bonds is 8. The van der Waals surface area contributed by atoms with Crippen molar-refractivity contribution in [2.75, 3.05) is 14.2 Å². The van der Waals surface area contributed by atoms with Gasteiger partial charge < -0.3 is 23.9 Å². The third kappa shape index (κ3) is 4.43. The fourth-order valence-corrected chi connectivity index (χ4v) is 4.92. The number of nitrogens with one attached hydrogen (secondary N) is 1. The fourth-order valence-electron chi connectivity index (χ4n) is 4.74. The number of hydrogen-bond donors (Lipinski definition) is 2. The Hall–Kier alpha value is -3.82. The largest absolute Gasteiger partial charge is 0.493 e. The molecule has 0 fully saturated rings. The zero-order valence-corrected chi connectivity index (χ0v) is 20.5. The molecule has 0 saturated carbocycles. The summed E-state index contributed by atoms with van der Waals surface area (Å²) in [5.41, 5.74) is 4.65. The first kappa shape index (κ1) is 23.9. The minimum atomic E-state index is -0.956. The van der Waals surface area contributed by atoms with Crippen LogP contribution >= 0.6 is 11.6 Å². The van der Waals surface area contributed by atoms with Gasteiger partial charge in [0.2, 0.25) is 0 Å². The molecule has 3 heterocycles. The Morgan fingerprint density at radius 2 is 1.94 bits per heavy atom. The van der Waals surface area contributed by atoms with Gasteiger partial charge in [-0.3, -0.25) is 4.79 Å². The lowest BCUT2D eigenvalue weighted by Gasteiger charge is -2.25. The first-order chi connectivity index (χ1) is 17.5. The van der Waals surface area contributed by atoms with E-state index >= 15 is 0 Å². The van der Waals surface area contributed by atoms with Crippen molar-refractivity contribution >= 4 is 17.6 Å². The summed E-state index contributed by atoms with van der Waals surface area (Å²) in [6, 6.07) is 15.4. The molecule has 9 nitrogen and oxygen atoms in total. The second-order valence-corrected chi connectivity index (χ2v) is 8.86. The average molecular weight is 509 g/mol. The minimum absolute atomic E-state index is 0.193. The van der Waals surface area contributed by atoms with Gasteiger partial charge in [-0.1, -0.05) is 23.7 Å². The molecule has 0 radical (unpaired) electrons. The predicted octanol–water partition coefficient (Wildman–Crippen LogP) is 4.69. The smallest absolute Gasteiger partial charge is 0.309 e. The van der Waals surface area contributed by atoms with Crippen molar-refractivity contribution in [3.63, 3.8) is 0 Å². The number of nitrogens with zero attached hydrogens (tertiary/aromatic N) is 3. The Labute approximate surface area is 212 Å². The van der Waals surface area contributed by atoms with Crippen molar-refractivity contribution in [1.82, 2.24) is 20.0 Å². The molecule has 2 N–H and O–H groups in total. The minimum Gasteiger partial charge on any atom is -0.493 e. The van der Waals surface area contributed by atoms with E-state index in [0.29, 0.717) is 40.8 Å². The lowest BCUT2D eigenvalue weighted by Crippen LogP contribution is -2.13. The average Bonchev–Trinajstić information content (AvgIpc) is 3.50. The van der Waals surface area contributed by atoms with E-state index in [2.05, 4.69) is 20.0 Å². The van der Waals surface area contributed by atoms with Gasteiger partial charge in [0.1, 0.15) is 6.10 Å². The van der Waals surface area contributed by atoms with Crippen molar-refractivity contribution < 1.29 is 24.1 Å². The summed E-state index contributed by atoms with van der Waals surface area (Å²) in [5, 5.41) is 20.5. The highest BCUT2D eigenvalue weighted by Crippen LogP contribution is 2.46. The van der Waals surface area contributed by atoms with Crippen LogP contribution in [-0.4, -0.2) is 45.3 Å². The van der Waals surface area contributed by atoms with Gasteiger partial charge in [-0.2, -0.15) is 15.4 Å². The van der Waals surface area contributed by atoms with Crippen LogP contribution in [-0.2, 0) is 22.4 Å². The van der Waals surface area contributed by atoms with E-state index in [0.717, 1.165) is 22.5 Å². The lowest BCUT2D eigenvalue weighted by atomic mass is 9.98. The fraction of sp³-hybridized carbons (Fsp3) is 0.269. The lowest BCUT2D eigenvalue weighted by molar-refractivity contribution is -0.136. The number of aromatic amines is 1. The van der Waals surface area contributed by atoms with E-state index in [-0.39, 0.29) is 12.5 Å². The summed E-state index contributed by atoms with van der Waals surface area (Å²) in [6.07, 6.45) is 1.98. The maximum Gasteiger partial charge on any atom is 0.309 e.